The highest BCUT2D eigenvalue weighted by molar-refractivity contribution is 6.35. The molecule has 0 radical (unpaired) electrons. The van der Waals surface area contributed by atoms with E-state index in [4.69, 9.17) is 33.7 Å². The molecule has 21 heavy (non-hydrogen) atoms. The molecule has 108 valence electrons. The van der Waals surface area contributed by atoms with Gasteiger partial charge < -0.3 is 15.5 Å². The Morgan fingerprint density at radius 3 is 2.81 bits per heavy atom. The molecule has 0 unspecified atom stereocenters. The quantitative estimate of drug-likeness (QED) is 0.761. The van der Waals surface area contributed by atoms with Crippen LogP contribution in [0.3, 0.4) is 0 Å². The highest BCUT2D eigenvalue weighted by Crippen LogP contribution is 2.27. The number of hydrogen-bond donors (Lipinski definition) is 2. The summed E-state index contributed by atoms with van der Waals surface area (Å²) in [5.74, 6) is 1.05. The summed E-state index contributed by atoms with van der Waals surface area (Å²) >= 11 is 11.9. The van der Waals surface area contributed by atoms with E-state index >= 15 is 0 Å². The van der Waals surface area contributed by atoms with E-state index in [0.717, 1.165) is 23.0 Å². The van der Waals surface area contributed by atoms with Crippen molar-refractivity contribution in [3.63, 3.8) is 0 Å². The first-order valence-corrected chi connectivity index (χ1v) is 7.19. The smallest absolute Gasteiger partial charge is 0.198 e. The topological polar surface area (TPSA) is 63.9 Å². The van der Waals surface area contributed by atoms with Gasteiger partial charge in [0.1, 0.15) is 5.75 Å². The third-order valence-electron chi connectivity index (χ3n) is 3.11. The van der Waals surface area contributed by atoms with Gasteiger partial charge in [-0.25, -0.2) is 4.98 Å². The summed E-state index contributed by atoms with van der Waals surface area (Å²) in [7, 11) is 0. The van der Waals surface area contributed by atoms with Crippen molar-refractivity contribution in [2.24, 2.45) is 0 Å². The minimum absolute atomic E-state index is 0.423. The van der Waals surface area contributed by atoms with Gasteiger partial charge in [0.05, 0.1) is 22.7 Å². The molecule has 0 aliphatic rings. The SMILES string of the molecule is Nc1nc2ccc(CCOc3ccc(Cl)cc3Cl)cc2[nH]1. The van der Waals surface area contributed by atoms with Crippen molar-refractivity contribution in [3.05, 3.63) is 52.0 Å². The number of halogens is 2. The number of nitrogens with zero attached hydrogens (tertiary/aromatic N) is 1. The maximum absolute atomic E-state index is 6.06. The lowest BCUT2D eigenvalue weighted by Gasteiger charge is -2.08. The van der Waals surface area contributed by atoms with E-state index in [0.29, 0.717) is 28.3 Å². The number of nitrogen functional groups attached to an aromatic ring is 1. The number of rotatable bonds is 4. The molecule has 6 heteroatoms. The Morgan fingerprint density at radius 2 is 2.00 bits per heavy atom. The first-order chi connectivity index (χ1) is 10.1. The number of H-pyrrole nitrogens is 1. The molecule has 3 rings (SSSR count). The van der Waals surface area contributed by atoms with Crippen LogP contribution in [0.4, 0.5) is 5.95 Å². The van der Waals surface area contributed by atoms with Crippen LogP contribution in [0.5, 0.6) is 5.75 Å². The van der Waals surface area contributed by atoms with E-state index in [9.17, 15) is 0 Å². The molecule has 0 spiro atoms. The fourth-order valence-corrected chi connectivity index (χ4v) is 2.57. The molecule has 0 fully saturated rings. The Balaban J connectivity index is 1.66. The predicted molar refractivity (Wildman–Crippen MR) is 86.2 cm³/mol. The molecule has 1 heterocycles. The Bertz CT molecular complexity index is 786. The Hall–Kier alpha value is -1.91. The molecule has 0 saturated heterocycles. The highest BCUT2D eigenvalue weighted by atomic mass is 35.5. The summed E-state index contributed by atoms with van der Waals surface area (Å²) in [4.78, 5) is 7.18. The second-order valence-electron chi connectivity index (χ2n) is 4.65. The van der Waals surface area contributed by atoms with Gasteiger partial charge in [0.2, 0.25) is 0 Å². The van der Waals surface area contributed by atoms with Crippen LogP contribution in [0, 0.1) is 0 Å². The Labute approximate surface area is 131 Å². The van der Waals surface area contributed by atoms with Crippen LogP contribution in [-0.2, 0) is 6.42 Å². The first kappa shape index (κ1) is 14.0. The second kappa shape index (κ2) is 5.84. The third-order valence-corrected chi connectivity index (χ3v) is 3.64. The fraction of sp³-hybridized carbons (Fsp3) is 0.133. The van der Waals surface area contributed by atoms with E-state index in [1.54, 1.807) is 18.2 Å². The highest BCUT2D eigenvalue weighted by Gasteiger charge is 2.04. The van der Waals surface area contributed by atoms with Crippen molar-refractivity contribution in [1.82, 2.24) is 9.97 Å². The number of fused-ring (bicyclic) bond motifs is 1. The van der Waals surface area contributed by atoms with Gasteiger partial charge in [-0.05, 0) is 35.9 Å². The van der Waals surface area contributed by atoms with Crippen LogP contribution in [0.1, 0.15) is 5.56 Å². The molecule has 0 bridgehead atoms. The lowest BCUT2D eigenvalue weighted by molar-refractivity contribution is 0.322. The van der Waals surface area contributed by atoms with Gasteiger partial charge >= 0.3 is 0 Å². The average molecular weight is 322 g/mol. The molecule has 0 aliphatic carbocycles. The van der Waals surface area contributed by atoms with E-state index < -0.39 is 0 Å². The van der Waals surface area contributed by atoms with Crippen LogP contribution in [0.25, 0.3) is 11.0 Å². The molecule has 1 aromatic heterocycles. The number of benzene rings is 2. The van der Waals surface area contributed by atoms with Gasteiger partial charge in [-0.2, -0.15) is 0 Å². The largest absolute Gasteiger partial charge is 0.492 e. The summed E-state index contributed by atoms with van der Waals surface area (Å²) in [6, 6.07) is 11.2. The summed E-state index contributed by atoms with van der Waals surface area (Å²) in [6.45, 7) is 0.524. The molecule has 2 aromatic carbocycles. The second-order valence-corrected chi connectivity index (χ2v) is 5.49. The molecular formula is C15H13Cl2N3O. The standard InChI is InChI=1S/C15H13Cl2N3O/c16-10-2-4-14(11(17)8-10)21-6-5-9-1-3-12-13(7-9)20-15(18)19-12/h1-4,7-8H,5-6H2,(H3,18,19,20). The Morgan fingerprint density at radius 1 is 1.14 bits per heavy atom. The monoisotopic (exact) mass is 321 g/mol. The van der Waals surface area contributed by atoms with Crippen LogP contribution in [0.2, 0.25) is 10.0 Å². The third kappa shape index (κ3) is 3.23. The predicted octanol–water partition coefficient (Wildman–Crippen LogP) is 4.07. The van der Waals surface area contributed by atoms with Crippen LogP contribution >= 0.6 is 23.2 Å². The molecule has 3 aromatic rings. The molecule has 3 N–H and O–H groups in total. The molecular weight excluding hydrogens is 309 g/mol. The molecule has 4 nitrogen and oxygen atoms in total. The van der Waals surface area contributed by atoms with E-state index in [-0.39, 0.29) is 0 Å². The van der Waals surface area contributed by atoms with Gasteiger partial charge in [0, 0.05) is 11.4 Å². The van der Waals surface area contributed by atoms with Gasteiger partial charge in [0.15, 0.2) is 5.95 Å². The minimum Gasteiger partial charge on any atom is -0.492 e. The first-order valence-electron chi connectivity index (χ1n) is 6.44. The fourth-order valence-electron chi connectivity index (χ4n) is 2.10. The summed E-state index contributed by atoms with van der Waals surface area (Å²) in [5, 5.41) is 1.11. The Kier molecular flexibility index (Phi) is 3.90. The van der Waals surface area contributed by atoms with Crippen LogP contribution in [-0.4, -0.2) is 16.6 Å². The zero-order valence-corrected chi connectivity index (χ0v) is 12.6. The number of aromatic nitrogens is 2. The number of nitrogens with one attached hydrogen (secondary N) is 1. The maximum Gasteiger partial charge on any atom is 0.198 e. The summed E-state index contributed by atoms with van der Waals surface area (Å²) in [5.41, 5.74) is 8.55. The summed E-state index contributed by atoms with van der Waals surface area (Å²) in [6.07, 6.45) is 0.758. The number of hydrogen-bond acceptors (Lipinski definition) is 3. The van der Waals surface area contributed by atoms with Crippen molar-refractivity contribution in [3.8, 4) is 5.75 Å². The van der Waals surface area contributed by atoms with Gasteiger partial charge in [-0.15, -0.1) is 0 Å². The lowest BCUT2D eigenvalue weighted by Crippen LogP contribution is -2.01. The van der Waals surface area contributed by atoms with E-state index in [2.05, 4.69) is 9.97 Å². The number of nitrogens with two attached hydrogens (primary N) is 1. The number of aromatic amines is 1. The van der Waals surface area contributed by atoms with Crippen LogP contribution in [0.15, 0.2) is 36.4 Å². The normalized spacial score (nSPS) is 11.0. The van der Waals surface area contributed by atoms with Crippen molar-refractivity contribution < 1.29 is 4.74 Å². The van der Waals surface area contributed by atoms with Gasteiger partial charge in [0.25, 0.3) is 0 Å². The van der Waals surface area contributed by atoms with Crippen LogP contribution < -0.4 is 10.5 Å². The minimum atomic E-state index is 0.423. The number of ether oxygens (including phenoxy) is 1. The maximum atomic E-state index is 6.06. The van der Waals surface area contributed by atoms with Crippen molar-refractivity contribution in [2.45, 2.75) is 6.42 Å². The lowest BCUT2D eigenvalue weighted by atomic mass is 10.1. The van der Waals surface area contributed by atoms with E-state index in [1.807, 2.05) is 18.2 Å². The van der Waals surface area contributed by atoms with Crippen molar-refractivity contribution in [1.29, 1.82) is 0 Å². The average Bonchev–Trinajstić information content (AvgIpc) is 2.80. The number of anilines is 1. The number of imidazole rings is 1. The summed E-state index contributed by atoms with van der Waals surface area (Å²) < 4.78 is 5.67. The van der Waals surface area contributed by atoms with Crippen molar-refractivity contribution >= 4 is 40.2 Å². The molecule has 0 aliphatic heterocycles. The van der Waals surface area contributed by atoms with Crippen molar-refractivity contribution in [2.75, 3.05) is 12.3 Å². The molecule has 0 saturated carbocycles. The molecule has 0 amide bonds. The zero-order valence-electron chi connectivity index (χ0n) is 11.1. The van der Waals surface area contributed by atoms with Gasteiger partial charge in [-0.3, -0.25) is 0 Å². The van der Waals surface area contributed by atoms with Gasteiger partial charge in [-0.1, -0.05) is 29.3 Å². The van der Waals surface area contributed by atoms with E-state index in [1.165, 1.54) is 0 Å². The molecule has 0 atom stereocenters. The zero-order chi connectivity index (χ0) is 14.8.